The Balaban J connectivity index is 1.35. The molecule has 0 radical (unpaired) electrons. The second-order valence-electron chi connectivity index (χ2n) is 11.1. The first kappa shape index (κ1) is 30.3. The molecule has 0 saturated carbocycles. The molecule has 1 saturated heterocycles. The highest BCUT2D eigenvalue weighted by atomic mass is 16.6. The normalized spacial score (nSPS) is 18.3. The van der Waals surface area contributed by atoms with Crippen molar-refractivity contribution < 1.29 is 28.8 Å². The number of hydrogen-bond donors (Lipinski definition) is 1. The van der Waals surface area contributed by atoms with Gasteiger partial charge in [0.2, 0.25) is 0 Å². The molecule has 3 aromatic carbocycles. The molecule has 1 aliphatic rings. The Morgan fingerprint density at radius 3 is 2.11 bits per heavy atom. The number of aliphatic hydroxyl groups is 1. The van der Waals surface area contributed by atoms with Gasteiger partial charge in [0.05, 0.1) is 32.6 Å². The number of imidazole rings is 1. The van der Waals surface area contributed by atoms with Gasteiger partial charge in [0.1, 0.15) is 40.9 Å². The highest BCUT2D eigenvalue weighted by molar-refractivity contribution is 5.78. The maximum Gasteiger partial charge on any atom is 0.336 e. The van der Waals surface area contributed by atoms with Crippen molar-refractivity contribution in [1.29, 1.82) is 0 Å². The van der Waals surface area contributed by atoms with E-state index in [9.17, 15) is 14.7 Å². The van der Waals surface area contributed by atoms with Crippen molar-refractivity contribution in [3.05, 3.63) is 130 Å². The third kappa shape index (κ3) is 5.75. The van der Waals surface area contributed by atoms with Crippen molar-refractivity contribution in [1.82, 2.24) is 14.0 Å². The Morgan fingerprint density at radius 2 is 1.53 bits per heavy atom. The van der Waals surface area contributed by atoms with Crippen LogP contribution < -0.4 is 15.2 Å². The summed E-state index contributed by atoms with van der Waals surface area (Å²) in [6.07, 6.45) is 1.01. The lowest BCUT2D eigenvalue weighted by Gasteiger charge is -2.37. The summed E-state index contributed by atoms with van der Waals surface area (Å²) in [5.41, 5.74) is 2.04. The molecule has 6 rings (SSSR count). The van der Waals surface area contributed by atoms with Crippen LogP contribution in [-0.4, -0.2) is 57.9 Å². The largest absolute Gasteiger partial charge is 0.497 e. The van der Waals surface area contributed by atoms with Crippen LogP contribution in [0.4, 0.5) is 0 Å². The first-order valence-electron chi connectivity index (χ1n) is 14.7. The summed E-state index contributed by atoms with van der Waals surface area (Å²) in [7, 11) is 3.24. The molecule has 1 aliphatic heterocycles. The van der Waals surface area contributed by atoms with E-state index in [4.69, 9.17) is 18.9 Å². The van der Waals surface area contributed by atoms with E-state index in [-0.39, 0.29) is 25.2 Å². The standard InChI is InChI=1S/C35H35N3O7/c1-23(39)19-27-21-36-32-17-18-37(34(41)38(27)32)33-20-30(40)31(45-33)22-44-35(24-7-5-4-6-8-24,25-9-13-28(42-2)14-10-25)26-11-15-29(43-3)16-12-26/h4-18,21,30-31,33,40H,19-20,22H2,1-3H3. The third-order valence-electron chi connectivity index (χ3n) is 8.24. The van der Waals surface area contributed by atoms with Crippen LogP contribution in [0.5, 0.6) is 11.5 Å². The Labute approximate surface area is 260 Å². The van der Waals surface area contributed by atoms with E-state index in [2.05, 4.69) is 4.98 Å². The zero-order chi connectivity index (χ0) is 31.6. The lowest BCUT2D eigenvalue weighted by Crippen LogP contribution is -2.38. The minimum absolute atomic E-state index is 0.0161. The van der Waals surface area contributed by atoms with Crippen molar-refractivity contribution in [2.75, 3.05) is 20.8 Å². The van der Waals surface area contributed by atoms with E-state index in [0.29, 0.717) is 22.8 Å². The topological polar surface area (TPSA) is 114 Å². The minimum Gasteiger partial charge on any atom is -0.497 e. The fourth-order valence-electron chi connectivity index (χ4n) is 5.98. The molecule has 3 heterocycles. The van der Waals surface area contributed by atoms with Crippen LogP contribution in [0.25, 0.3) is 5.65 Å². The van der Waals surface area contributed by atoms with Gasteiger partial charge in [-0.3, -0.25) is 9.36 Å². The van der Waals surface area contributed by atoms with Crippen molar-refractivity contribution in [3.8, 4) is 11.5 Å². The molecule has 0 aliphatic carbocycles. The number of methoxy groups -OCH3 is 2. The first-order valence-corrected chi connectivity index (χ1v) is 14.7. The first-order chi connectivity index (χ1) is 21.8. The quantitative estimate of drug-likeness (QED) is 0.221. The Hall–Kier alpha value is -4.77. The molecule has 10 nitrogen and oxygen atoms in total. The van der Waals surface area contributed by atoms with Crippen LogP contribution >= 0.6 is 0 Å². The van der Waals surface area contributed by atoms with E-state index < -0.39 is 29.7 Å². The highest BCUT2D eigenvalue weighted by Crippen LogP contribution is 2.42. The van der Waals surface area contributed by atoms with Gasteiger partial charge in [0.15, 0.2) is 0 Å². The van der Waals surface area contributed by atoms with Crippen LogP contribution in [0.2, 0.25) is 0 Å². The monoisotopic (exact) mass is 609 g/mol. The zero-order valence-corrected chi connectivity index (χ0v) is 25.3. The van der Waals surface area contributed by atoms with Gasteiger partial charge in [-0.25, -0.2) is 14.2 Å². The van der Waals surface area contributed by atoms with Gasteiger partial charge < -0.3 is 24.1 Å². The maximum atomic E-state index is 13.5. The number of aliphatic hydroxyl groups excluding tert-OH is 1. The molecule has 0 bridgehead atoms. The van der Waals surface area contributed by atoms with Crippen molar-refractivity contribution in [2.24, 2.45) is 0 Å². The number of benzene rings is 3. The molecule has 3 unspecified atom stereocenters. The third-order valence-corrected chi connectivity index (χ3v) is 8.24. The van der Waals surface area contributed by atoms with E-state index in [1.54, 1.807) is 26.5 Å². The minimum atomic E-state index is -1.09. The number of rotatable bonds is 11. The average Bonchev–Trinajstić information content (AvgIpc) is 3.65. The molecule has 0 spiro atoms. The van der Waals surface area contributed by atoms with Crippen LogP contribution in [0.3, 0.4) is 0 Å². The van der Waals surface area contributed by atoms with Crippen molar-refractivity contribution >= 4 is 11.4 Å². The van der Waals surface area contributed by atoms with Crippen LogP contribution in [-0.2, 0) is 26.3 Å². The molecule has 1 N–H and O–H groups in total. The summed E-state index contributed by atoms with van der Waals surface area (Å²) < 4.78 is 26.9. The number of aromatic nitrogens is 3. The fraction of sp³-hybridized carbons (Fsp3) is 0.286. The molecule has 5 aromatic rings. The number of ether oxygens (including phenoxy) is 4. The summed E-state index contributed by atoms with van der Waals surface area (Å²) >= 11 is 0. The fourth-order valence-corrected chi connectivity index (χ4v) is 5.98. The summed E-state index contributed by atoms with van der Waals surface area (Å²) in [5.74, 6) is 1.34. The number of ketones is 1. The van der Waals surface area contributed by atoms with E-state index in [1.807, 2.05) is 78.9 Å². The number of carbonyl (C=O) groups excluding carboxylic acids is 1. The summed E-state index contributed by atoms with van der Waals surface area (Å²) in [6, 6.07) is 26.9. The van der Waals surface area contributed by atoms with Gasteiger partial charge >= 0.3 is 5.69 Å². The van der Waals surface area contributed by atoms with Crippen LogP contribution in [0, 0.1) is 0 Å². The second-order valence-corrected chi connectivity index (χ2v) is 11.1. The van der Waals surface area contributed by atoms with Gasteiger partial charge in [-0.2, -0.15) is 0 Å². The Bertz CT molecular complexity index is 1780. The number of hydrogen-bond acceptors (Lipinski definition) is 8. The molecular weight excluding hydrogens is 574 g/mol. The number of nitrogens with zero attached hydrogens (tertiary/aromatic N) is 3. The van der Waals surface area contributed by atoms with Gasteiger partial charge in [0.25, 0.3) is 0 Å². The summed E-state index contributed by atoms with van der Waals surface area (Å²) in [5, 5.41) is 11.2. The summed E-state index contributed by atoms with van der Waals surface area (Å²) in [4.78, 5) is 29.6. The van der Waals surface area contributed by atoms with E-state index in [0.717, 1.165) is 16.7 Å². The van der Waals surface area contributed by atoms with Crippen LogP contribution in [0.15, 0.2) is 102 Å². The molecule has 2 aromatic heterocycles. The van der Waals surface area contributed by atoms with Gasteiger partial charge in [0, 0.05) is 25.2 Å². The molecule has 0 amide bonds. The molecule has 232 valence electrons. The maximum absolute atomic E-state index is 13.5. The average molecular weight is 610 g/mol. The van der Waals surface area contributed by atoms with Gasteiger partial charge in [-0.05, 0) is 53.9 Å². The lowest BCUT2D eigenvalue weighted by molar-refractivity contribution is -0.116. The molecular formula is C35H35N3O7. The van der Waals surface area contributed by atoms with Crippen molar-refractivity contribution in [3.63, 3.8) is 0 Å². The van der Waals surface area contributed by atoms with E-state index >= 15 is 0 Å². The molecule has 1 fully saturated rings. The van der Waals surface area contributed by atoms with Crippen LogP contribution in [0.1, 0.15) is 42.0 Å². The zero-order valence-electron chi connectivity index (χ0n) is 25.3. The van der Waals surface area contributed by atoms with Gasteiger partial charge in [-0.15, -0.1) is 0 Å². The second kappa shape index (κ2) is 12.7. The number of Topliss-reactive ketones (excluding diaryl/α,β-unsaturated/α-hetero) is 1. The molecule has 10 heteroatoms. The number of fused-ring (bicyclic) bond motifs is 1. The summed E-state index contributed by atoms with van der Waals surface area (Å²) in [6.45, 7) is 1.48. The molecule has 3 atom stereocenters. The predicted molar refractivity (Wildman–Crippen MR) is 167 cm³/mol. The SMILES string of the molecule is COc1ccc(C(OCC2OC(n3ccc4ncc(CC(C)=O)n4c3=O)CC2O)(c2ccccc2)c2ccc(OC)cc2)cc1. The smallest absolute Gasteiger partial charge is 0.336 e. The van der Waals surface area contributed by atoms with Gasteiger partial charge in [-0.1, -0.05) is 54.6 Å². The lowest BCUT2D eigenvalue weighted by atomic mass is 9.80. The Kier molecular flexibility index (Phi) is 8.53. The van der Waals surface area contributed by atoms with Crippen molar-refractivity contribution in [2.45, 2.75) is 43.8 Å². The van der Waals surface area contributed by atoms with E-state index in [1.165, 1.54) is 22.1 Å². The number of carbonyl (C=O) groups is 1. The highest BCUT2D eigenvalue weighted by Gasteiger charge is 2.42. The Morgan fingerprint density at radius 1 is 0.933 bits per heavy atom. The molecule has 45 heavy (non-hydrogen) atoms. The predicted octanol–water partition coefficient (Wildman–Crippen LogP) is 4.30.